The van der Waals surface area contributed by atoms with Crippen LogP contribution in [0.3, 0.4) is 0 Å². The molecule has 0 aliphatic carbocycles. The van der Waals surface area contributed by atoms with Crippen LogP contribution in [-0.4, -0.2) is 16.9 Å². The van der Waals surface area contributed by atoms with Crippen LogP contribution >= 0.6 is 0 Å². The second-order valence-electron chi connectivity index (χ2n) is 6.19. The molecule has 1 N–H and O–H groups in total. The third kappa shape index (κ3) is 3.48. The third-order valence-electron chi connectivity index (χ3n) is 4.40. The highest BCUT2D eigenvalue weighted by atomic mass is 19.1. The summed E-state index contributed by atoms with van der Waals surface area (Å²) in [4.78, 5) is 12.7. The number of ketones is 1. The summed E-state index contributed by atoms with van der Waals surface area (Å²) in [5.41, 5.74) is 5.41. The average molecular weight is 336 g/mol. The van der Waals surface area contributed by atoms with Crippen LogP contribution in [0.25, 0.3) is 5.69 Å². The van der Waals surface area contributed by atoms with Crippen LogP contribution < -0.4 is 5.32 Å². The molecule has 128 valence electrons. The molecule has 0 amide bonds. The van der Waals surface area contributed by atoms with Crippen molar-refractivity contribution in [3.63, 3.8) is 0 Å². The molecular formula is C21H21FN2O. The van der Waals surface area contributed by atoms with Crippen molar-refractivity contribution in [2.45, 2.75) is 20.8 Å². The van der Waals surface area contributed by atoms with E-state index in [0.29, 0.717) is 5.56 Å². The lowest BCUT2D eigenvalue weighted by Crippen LogP contribution is -2.15. The summed E-state index contributed by atoms with van der Waals surface area (Å²) < 4.78 is 15.1. The lowest BCUT2D eigenvalue weighted by atomic mass is 10.1. The number of hydrogen-bond donors (Lipinski definition) is 1. The summed E-state index contributed by atoms with van der Waals surface area (Å²) in [7, 11) is 0. The molecule has 4 heteroatoms. The smallest absolute Gasteiger partial charge is 0.183 e. The first-order chi connectivity index (χ1) is 12.0. The fourth-order valence-electron chi connectivity index (χ4n) is 3.07. The summed E-state index contributed by atoms with van der Waals surface area (Å²) in [5, 5.41) is 3.21. The van der Waals surface area contributed by atoms with Crippen LogP contribution in [0.5, 0.6) is 0 Å². The van der Waals surface area contributed by atoms with E-state index in [9.17, 15) is 9.18 Å². The molecule has 25 heavy (non-hydrogen) atoms. The van der Waals surface area contributed by atoms with Crippen molar-refractivity contribution < 1.29 is 9.18 Å². The zero-order valence-corrected chi connectivity index (χ0v) is 14.6. The van der Waals surface area contributed by atoms with Gasteiger partial charge in [-0.1, -0.05) is 18.2 Å². The lowest BCUT2D eigenvalue weighted by Gasteiger charge is -2.11. The lowest BCUT2D eigenvalue weighted by molar-refractivity contribution is 0.101. The number of benzene rings is 2. The molecule has 0 radical (unpaired) electrons. The number of anilines is 1. The van der Waals surface area contributed by atoms with E-state index in [4.69, 9.17) is 0 Å². The molecule has 0 fully saturated rings. The monoisotopic (exact) mass is 336 g/mol. The van der Waals surface area contributed by atoms with Gasteiger partial charge in [0.05, 0.1) is 6.54 Å². The molecule has 0 atom stereocenters. The van der Waals surface area contributed by atoms with Crippen molar-refractivity contribution in [1.82, 2.24) is 4.57 Å². The van der Waals surface area contributed by atoms with Gasteiger partial charge in [0.25, 0.3) is 0 Å². The van der Waals surface area contributed by atoms with E-state index in [1.54, 1.807) is 12.1 Å². The second kappa shape index (κ2) is 6.93. The first kappa shape index (κ1) is 17.0. The summed E-state index contributed by atoms with van der Waals surface area (Å²) >= 11 is 0. The minimum atomic E-state index is -0.273. The average Bonchev–Trinajstić information content (AvgIpc) is 2.89. The highest BCUT2D eigenvalue weighted by molar-refractivity contribution is 6.00. The Hall–Kier alpha value is -2.88. The zero-order chi connectivity index (χ0) is 18.0. The molecule has 0 aliphatic heterocycles. The van der Waals surface area contributed by atoms with Crippen LogP contribution in [0.15, 0.2) is 54.6 Å². The number of rotatable bonds is 5. The van der Waals surface area contributed by atoms with E-state index in [1.807, 2.05) is 55.7 Å². The molecule has 0 unspecified atom stereocenters. The van der Waals surface area contributed by atoms with Crippen molar-refractivity contribution in [3.05, 3.63) is 82.9 Å². The third-order valence-corrected chi connectivity index (χ3v) is 4.40. The quantitative estimate of drug-likeness (QED) is 0.677. The van der Waals surface area contributed by atoms with Crippen LogP contribution in [0.2, 0.25) is 0 Å². The molecular weight excluding hydrogens is 315 g/mol. The minimum absolute atomic E-state index is 0.0321. The number of Topliss-reactive ketones (excluding diaryl/α,β-unsaturated/α-hetero) is 1. The fraction of sp³-hybridized carbons (Fsp3) is 0.190. The normalized spacial score (nSPS) is 10.7. The van der Waals surface area contributed by atoms with Crippen LogP contribution in [0, 0.1) is 26.6 Å². The van der Waals surface area contributed by atoms with E-state index < -0.39 is 0 Å². The number of nitrogens with zero attached hydrogens (tertiary/aromatic N) is 1. The Morgan fingerprint density at radius 1 is 1.04 bits per heavy atom. The number of halogens is 1. The molecule has 3 rings (SSSR count). The number of nitrogens with one attached hydrogen (secondary N) is 1. The Morgan fingerprint density at radius 2 is 1.72 bits per heavy atom. The summed E-state index contributed by atoms with van der Waals surface area (Å²) in [6.07, 6.45) is 0. The highest BCUT2D eigenvalue weighted by Gasteiger charge is 2.16. The van der Waals surface area contributed by atoms with E-state index >= 15 is 0 Å². The van der Waals surface area contributed by atoms with E-state index in [0.717, 1.165) is 28.3 Å². The molecule has 0 spiro atoms. The van der Waals surface area contributed by atoms with Gasteiger partial charge in [-0.25, -0.2) is 4.39 Å². The van der Waals surface area contributed by atoms with Gasteiger partial charge in [0, 0.05) is 28.3 Å². The van der Waals surface area contributed by atoms with Crippen LogP contribution in [0.1, 0.15) is 27.3 Å². The predicted molar refractivity (Wildman–Crippen MR) is 99.2 cm³/mol. The molecule has 3 aromatic rings. The van der Waals surface area contributed by atoms with Gasteiger partial charge in [-0.05, 0) is 62.7 Å². The Bertz CT molecular complexity index is 910. The first-order valence-corrected chi connectivity index (χ1v) is 8.25. The summed E-state index contributed by atoms with van der Waals surface area (Å²) in [6, 6.07) is 16.1. The molecule has 0 aliphatic rings. The Morgan fingerprint density at radius 3 is 2.40 bits per heavy atom. The molecule has 0 saturated heterocycles. The molecule has 0 bridgehead atoms. The number of para-hydroxylation sites is 1. The second-order valence-corrected chi connectivity index (χ2v) is 6.19. The summed E-state index contributed by atoms with van der Waals surface area (Å²) in [5.74, 6) is -0.241. The maximum atomic E-state index is 13.2. The van der Waals surface area contributed by atoms with Crippen LogP contribution in [0.4, 0.5) is 10.1 Å². The van der Waals surface area contributed by atoms with Crippen molar-refractivity contribution in [1.29, 1.82) is 0 Å². The van der Waals surface area contributed by atoms with Gasteiger partial charge in [0.2, 0.25) is 0 Å². The molecule has 1 heterocycles. The molecule has 3 nitrogen and oxygen atoms in total. The van der Waals surface area contributed by atoms with Gasteiger partial charge < -0.3 is 9.88 Å². The van der Waals surface area contributed by atoms with Crippen molar-refractivity contribution in [2.75, 3.05) is 11.9 Å². The van der Waals surface area contributed by atoms with Gasteiger partial charge in [-0.15, -0.1) is 0 Å². The zero-order valence-electron chi connectivity index (χ0n) is 14.6. The van der Waals surface area contributed by atoms with Gasteiger partial charge in [0.15, 0.2) is 5.78 Å². The minimum Gasteiger partial charge on any atom is -0.377 e. The topological polar surface area (TPSA) is 34.0 Å². The van der Waals surface area contributed by atoms with E-state index in [1.165, 1.54) is 12.1 Å². The Labute approximate surface area is 147 Å². The number of carbonyl (C=O) groups excluding carboxylic acids is 1. The molecule has 2 aromatic carbocycles. The molecule has 1 aromatic heterocycles. The van der Waals surface area contributed by atoms with Gasteiger partial charge in [-0.3, -0.25) is 4.79 Å². The van der Waals surface area contributed by atoms with Crippen LogP contribution in [-0.2, 0) is 0 Å². The first-order valence-electron chi connectivity index (χ1n) is 8.25. The SMILES string of the molecule is Cc1ccccc1NCC(=O)c1cc(C)n(-c2ccc(F)cc2)c1C. The number of aryl methyl sites for hydroxylation is 2. The van der Waals surface area contributed by atoms with Gasteiger partial charge in [0.1, 0.15) is 5.82 Å². The molecule has 0 saturated carbocycles. The summed E-state index contributed by atoms with van der Waals surface area (Å²) in [6.45, 7) is 6.10. The maximum absolute atomic E-state index is 13.2. The van der Waals surface area contributed by atoms with Crippen molar-refractivity contribution in [3.8, 4) is 5.69 Å². The van der Waals surface area contributed by atoms with Crippen molar-refractivity contribution >= 4 is 11.5 Å². The standard InChI is InChI=1S/C21H21FN2O/c1-14-6-4-5-7-20(14)23-13-21(25)19-12-15(2)24(16(19)3)18-10-8-17(22)9-11-18/h4-12,23H,13H2,1-3H3. The van der Waals surface area contributed by atoms with Crippen molar-refractivity contribution in [2.24, 2.45) is 0 Å². The van der Waals surface area contributed by atoms with E-state index in [2.05, 4.69) is 5.32 Å². The number of aromatic nitrogens is 1. The largest absolute Gasteiger partial charge is 0.377 e. The number of carbonyl (C=O) groups is 1. The number of hydrogen-bond acceptors (Lipinski definition) is 2. The predicted octanol–water partition coefficient (Wildman–Crippen LogP) is 4.84. The maximum Gasteiger partial charge on any atom is 0.183 e. The Kier molecular flexibility index (Phi) is 4.70. The highest BCUT2D eigenvalue weighted by Crippen LogP contribution is 2.22. The Balaban J connectivity index is 1.83. The van der Waals surface area contributed by atoms with E-state index in [-0.39, 0.29) is 18.1 Å². The fourth-order valence-corrected chi connectivity index (χ4v) is 3.07. The van der Waals surface area contributed by atoms with Gasteiger partial charge in [-0.2, -0.15) is 0 Å². The van der Waals surface area contributed by atoms with Gasteiger partial charge >= 0.3 is 0 Å².